The number of para-hydroxylation sites is 2. The van der Waals surface area contributed by atoms with Gasteiger partial charge in [-0.15, -0.1) is 0 Å². The van der Waals surface area contributed by atoms with Crippen LogP contribution in [0.2, 0.25) is 0 Å². The highest BCUT2D eigenvalue weighted by Gasteiger charge is 2.26. The molecule has 0 bridgehead atoms. The van der Waals surface area contributed by atoms with Crippen molar-refractivity contribution in [2.24, 2.45) is 7.05 Å². The Balaban J connectivity index is 2.44. The number of benzene rings is 2. The van der Waals surface area contributed by atoms with Crippen LogP contribution in [0.15, 0.2) is 42.5 Å². The molecule has 0 amide bonds. The van der Waals surface area contributed by atoms with Crippen LogP contribution in [0, 0.1) is 13.8 Å². The molecule has 0 aliphatic heterocycles. The summed E-state index contributed by atoms with van der Waals surface area (Å²) in [4.78, 5) is 0. The second-order valence-electron chi connectivity index (χ2n) is 6.15. The largest absolute Gasteiger partial charge is 0.290 e. The number of aryl methyl sites for hydroxylation is 3. The van der Waals surface area contributed by atoms with Crippen LogP contribution >= 0.6 is 0 Å². The number of nitrogens with zero attached hydrogens (tertiary/aromatic N) is 2. The smallest absolute Gasteiger partial charge is 0.226 e. The summed E-state index contributed by atoms with van der Waals surface area (Å²) in [5.74, 6) is 1.28. The zero-order chi connectivity index (χ0) is 15.1. The summed E-state index contributed by atoms with van der Waals surface area (Å²) in [5, 5.41) is 0. The van der Waals surface area contributed by atoms with Gasteiger partial charge in [0, 0.05) is 0 Å². The molecule has 0 unspecified atom stereocenters. The topological polar surface area (TPSA) is 8.81 Å². The third-order valence-electron chi connectivity index (χ3n) is 4.20. The predicted molar refractivity (Wildman–Crippen MR) is 88.4 cm³/mol. The molecule has 21 heavy (non-hydrogen) atoms. The molecule has 1 aromatic heterocycles. The zero-order valence-electron chi connectivity index (χ0n) is 13.5. The fourth-order valence-electron chi connectivity index (χ4n) is 3.15. The third-order valence-corrected chi connectivity index (χ3v) is 4.20. The molecule has 3 rings (SSSR count). The molecule has 2 aromatic carbocycles. The molecule has 2 nitrogen and oxygen atoms in total. The molecule has 0 saturated carbocycles. The molecule has 0 spiro atoms. The molecule has 0 N–H and O–H groups in total. The molecular weight excluding hydrogens is 256 g/mol. The monoisotopic (exact) mass is 279 g/mol. The standard InChI is InChI=1S/C19H23N2/c1-13(2)21-18-9-7-6-8-17(18)20(5)19(21)16-12-14(3)10-11-15(16)4/h6-13H,1-5H3/q+1. The van der Waals surface area contributed by atoms with Crippen molar-refractivity contribution in [1.29, 1.82) is 0 Å². The Labute approximate surface area is 126 Å². The lowest BCUT2D eigenvalue weighted by Gasteiger charge is -2.09. The van der Waals surface area contributed by atoms with E-state index >= 15 is 0 Å². The maximum Gasteiger partial charge on any atom is 0.290 e. The van der Waals surface area contributed by atoms with E-state index in [0.29, 0.717) is 6.04 Å². The van der Waals surface area contributed by atoms with Crippen LogP contribution in [0.3, 0.4) is 0 Å². The Kier molecular flexibility index (Phi) is 3.32. The van der Waals surface area contributed by atoms with E-state index in [2.05, 4.69) is 86.3 Å². The average Bonchev–Trinajstić information content (AvgIpc) is 2.75. The first kappa shape index (κ1) is 13.9. The zero-order valence-corrected chi connectivity index (χ0v) is 13.5. The Bertz CT molecular complexity index is 810. The molecule has 0 aliphatic rings. The summed E-state index contributed by atoms with van der Waals surface area (Å²) in [5.41, 5.74) is 6.52. The lowest BCUT2D eigenvalue weighted by molar-refractivity contribution is -0.634. The molecule has 3 aromatic rings. The van der Waals surface area contributed by atoms with E-state index in [0.717, 1.165) is 0 Å². The normalized spacial score (nSPS) is 11.5. The SMILES string of the molecule is Cc1ccc(C)c(-c2n(C(C)C)c3ccccc3[n+]2C)c1. The highest BCUT2D eigenvalue weighted by Crippen LogP contribution is 2.29. The maximum absolute atomic E-state index is 2.44. The van der Waals surface area contributed by atoms with Gasteiger partial charge >= 0.3 is 0 Å². The van der Waals surface area contributed by atoms with Gasteiger partial charge < -0.3 is 0 Å². The number of fused-ring (bicyclic) bond motifs is 1. The molecule has 108 valence electrons. The average molecular weight is 279 g/mol. The second-order valence-corrected chi connectivity index (χ2v) is 6.15. The minimum absolute atomic E-state index is 0.422. The summed E-state index contributed by atoms with van der Waals surface area (Å²) in [6.07, 6.45) is 0. The van der Waals surface area contributed by atoms with Gasteiger partial charge in [0.2, 0.25) is 0 Å². The third kappa shape index (κ3) is 2.15. The second kappa shape index (κ2) is 5.03. The van der Waals surface area contributed by atoms with Crippen LogP contribution in [0.25, 0.3) is 22.4 Å². The molecule has 0 atom stereocenters. The van der Waals surface area contributed by atoms with E-state index in [1.807, 2.05) is 0 Å². The van der Waals surface area contributed by atoms with Gasteiger partial charge in [0.15, 0.2) is 11.0 Å². The lowest BCUT2D eigenvalue weighted by Crippen LogP contribution is -2.30. The van der Waals surface area contributed by atoms with Crippen LogP contribution in [0.1, 0.15) is 31.0 Å². The maximum atomic E-state index is 2.44. The van der Waals surface area contributed by atoms with Crippen LogP contribution in [-0.2, 0) is 7.05 Å². The van der Waals surface area contributed by atoms with Gasteiger partial charge in [-0.1, -0.05) is 29.8 Å². The van der Waals surface area contributed by atoms with Crippen LogP contribution in [0.4, 0.5) is 0 Å². The van der Waals surface area contributed by atoms with E-state index in [1.54, 1.807) is 0 Å². The Hall–Kier alpha value is -2.09. The first-order valence-corrected chi connectivity index (χ1v) is 7.57. The number of hydrogen-bond acceptors (Lipinski definition) is 0. The molecule has 0 radical (unpaired) electrons. The summed E-state index contributed by atoms with van der Waals surface area (Å²) in [6, 6.07) is 15.8. The quantitative estimate of drug-likeness (QED) is 0.617. The number of rotatable bonds is 2. The minimum Gasteiger partial charge on any atom is -0.226 e. The molecular formula is C19H23N2+. The van der Waals surface area contributed by atoms with E-state index in [-0.39, 0.29) is 0 Å². The van der Waals surface area contributed by atoms with E-state index in [9.17, 15) is 0 Å². The van der Waals surface area contributed by atoms with Crippen molar-refractivity contribution in [3.63, 3.8) is 0 Å². The van der Waals surface area contributed by atoms with E-state index in [4.69, 9.17) is 0 Å². The number of hydrogen-bond donors (Lipinski definition) is 0. The van der Waals surface area contributed by atoms with E-state index in [1.165, 1.54) is 33.5 Å². The minimum atomic E-state index is 0.422. The van der Waals surface area contributed by atoms with Gasteiger partial charge in [0.25, 0.3) is 5.82 Å². The van der Waals surface area contributed by atoms with Crippen molar-refractivity contribution in [3.05, 3.63) is 53.6 Å². The summed E-state index contributed by atoms with van der Waals surface area (Å²) < 4.78 is 4.76. The molecule has 0 fully saturated rings. The van der Waals surface area contributed by atoms with Crippen molar-refractivity contribution in [2.75, 3.05) is 0 Å². The summed E-state index contributed by atoms with van der Waals surface area (Å²) >= 11 is 0. The molecule has 0 saturated heterocycles. The van der Waals surface area contributed by atoms with Crippen LogP contribution in [0.5, 0.6) is 0 Å². The highest BCUT2D eigenvalue weighted by atomic mass is 15.2. The number of imidazole rings is 1. The Morgan fingerprint density at radius 3 is 2.43 bits per heavy atom. The van der Waals surface area contributed by atoms with Crippen molar-refractivity contribution in [1.82, 2.24) is 4.57 Å². The van der Waals surface area contributed by atoms with Crippen LogP contribution in [-0.4, -0.2) is 4.57 Å². The van der Waals surface area contributed by atoms with Gasteiger partial charge in [-0.2, -0.15) is 0 Å². The van der Waals surface area contributed by atoms with Crippen molar-refractivity contribution in [3.8, 4) is 11.4 Å². The first-order chi connectivity index (χ1) is 10.0. The Morgan fingerprint density at radius 2 is 1.71 bits per heavy atom. The van der Waals surface area contributed by atoms with Gasteiger partial charge in [-0.3, -0.25) is 0 Å². The van der Waals surface area contributed by atoms with Crippen LogP contribution < -0.4 is 4.57 Å². The van der Waals surface area contributed by atoms with Crippen molar-refractivity contribution >= 4 is 11.0 Å². The summed E-state index contributed by atoms with van der Waals surface area (Å²) in [6.45, 7) is 8.85. The summed E-state index contributed by atoms with van der Waals surface area (Å²) in [7, 11) is 2.16. The van der Waals surface area contributed by atoms with Crippen molar-refractivity contribution in [2.45, 2.75) is 33.7 Å². The fourth-order valence-corrected chi connectivity index (χ4v) is 3.15. The predicted octanol–water partition coefficient (Wildman–Crippen LogP) is 4.33. The number of aromatic nitrogens is 2. The lowest BCUT2D eigenvalue weighted by atomic mass is 10.0. The molecule has 1 heterocycles. The molecule has 2 heteroatoms. The van der Waals surface area contributed by atoms with E-state index < -0.39 is 0 Å². The first-order valence-electron chi connectivity index (χ1n) is 7.57. The van der Waals surface area contributed by atoms with Crippen molar-refractivity contribution < 1.29 is 4.57 Å². The van der Waals surface area contributed by atoms with Gasteiger partial charge in [-0.05, 0) is 51.5 Å². The van der Waals surface area contributed by atoms with Gasteiger partial charge in [0.1, 0.15) is 0 Å². The van der Waals surface area contributed by atoms with Gasteiger partial charge in [-0.25, -0.2) is 9.13 Å². The van der Waals surface area contributed by atoms with Gasteiger partial charge in [0.05, 0.1) is 18.7 Å². The molecule has 0 aliphatic carbocycles. The Morgan fingerprint density at radius 1 is 1.00 bits per heavy atom. The fraction of sp³-hybridized carbons (Fsp3) is 0.316. The highest BCUT2D eigenvalue weighted by molar-refractivity contribution is 5.77.